The molecule has 0 aliphatic carbocycles. The summed E-state index contributed by atoms with van der Waals surface area (Å²) in [7, 11) is 1.80. The van der Waals surface area contributed by atoms with E-state index in [-0.39, 0.29) is 0 Å². The van der Waals surface area contributed by atoms with Crippen LogP contribution in [0.4, 0.5) is 11.4 Å². The smallest absolute Gasteiger partial charge is 0.211 e. The average Bonchev–Trinajstić information content (AvgIpc) is 2.76. The van der Waals surface area contributed by atoms with Gasteiger partial charge in [0.25, 0.3) is 0 Å². The van der Waals surface area contributed by atoms with Crippen LogP contribution in [0.3, 0.4) is 0 Å². The number of nitrogens with one attached hydrogen (secondary N) is 4. The van der Waals surface area contributed by atoms with Gasteiger partial charge in [-0.05, 0) is 29.5 Å². The number of benzene rings is 2. The highest BCUT2D eigenvalue weighted by Crippen LogP contribution is 2.38. The highest BCUT2D eigenvalue weighted by molar-refractivity contribution is 6.09. The lowest BCUT2D eigenvalue weighted by molar-refractivity contribution is -0.105. The van der Waals surface area contributed by atoms with E-state index < -0.39 is 0 Å². The molecule has 6 nitrogen and oxygen atoms in total. The Morgan fingerprint density at radius 3 is 2.69 bits per heavy atom. The van der Waals surface area contributed by atoms with Gasteiger partial charge in [0.15, 0.2) is 0 Å². The number of fused-ring (bicyclic) bond motifs is 1. The highest BCUT2D eigenvalue weighted by atomic mass is 16.1. The van der Waals surface area contributed by atoms with Crippen LogP contribution in [0, 0.1) is 5.41 Å². The first-order chi connectivity index (χ1) is 14.2. The van der Waals surface area contributed by atoms with Crippen LogP contribution in [0.25, 0.3) is 27.5 Å². The van der Waals surface area contributed by atoms with Gasteiger partial charge in [0.2, 0.25) is 6.41 Å². The summed E-state index contributed by atoms with van der Waals surface area (Å²) >= 11 is 0. The SMILES string of the molecule is CCCNc1c(NC=O)cccc1-c1cccc2cc(/C(C=N)=C/NC)ncc12. The zero-order chi connectivity index (χ0) is 20.6. The standard InChI is InChI=1S/C23H25N5O/c1-3-10-26-23-19(8-5-9-21(23)28-15-29)18-7-4-6-16-11-22(27-14-20(16)18)17(12-24)13-25-2/h4-9,11-15,24-26H,3,10H2,1-2H3,(H,28,29)/b17-13+,24-12?. The van der Waals surface area contributed by atoms with E-state index in [1.54, 1.807) is 13.2 Å². The molecule has 0 fully saturated rings. The second-order valence-corrected chi connectivity index (χ2v) is 6.55. The largest absolute Gasteiger partial charge is 0.393 e. The first-order valence-electron chi connectivity index (χ1n) is 9.58. The molecular formula is C23H25N5O. The predicted octanol–water partition coefficient (Wildman–Crippen LogP) is 4.50. The molecule has 0 aliphatic heterocycles. The minimum atomic E-state index is 0.695. The van der Waals surface area contributed by atoms with Gasteiger partial charge < -0.3 is 21.4 Å². The molecule has 0 saturated heterocycles. The molecule has 0 bridgehead atoms. The summed E-state index contributed by atoms with van der Waals surface area (Å²) in [5.41, 5.74) is 5.12. The van der Waals surface area contributed by atoms with Gasteiger partial charge in [-0.1, -0.05) is 37.3 Å². The fourth-order valence-electron chi connectivity index (χ4n) is 3.31. The number of hydrogen-bond donors (Lipinski definition) is 4. The van der Waals surface area contributed by atoms with E-state index >= 15 is 0 Å². The Morgan fingerprint density at radius 1 is 1.17 bits per heavy atom. The molecule has 4 N–H and O–H groups in total. The Bertz CT molecular complexity index is 1060. The van der Waals surface area contributed by atoms with E-state index in [9.17, 15) is 4.79 Å². The Hall–Kier alpha value is -3.67. The Kier molecular flexibility index (Phi) is 6.58. The van der Waals surface area contributed by atoms with E-state index in [1.807, 2.05) is 42.6 Å². The molecule has 3 aromatic rings. The van der Waals surface area contributed by atoms with Crippen LogP contribution in [0.5, 0.6) is 0 Å². The van der Waals surface area contributed by atoms with Crippen molar-refractivity contribution in [2.24, 2.45) is 0 Å². The van der Waals surface area contributed by atoms with Crippen LogP contribution >= 0.6 is 0 Å². The second kappa shape index (κ2) is 9.50. The third-order valence-electron chi connectivity index (χ3n) is 4.64. The Morgan fingerprint density at radius 2 is 1.97 bits per heavy atom. The molecule has 0 unspecified atom stereocenters. The van der Waals surface area contributed by atoms with E-state index in [0.29, 0.717) is 12.0 Å². The average molecular weight is 387 g/mol. The third-order valence-corrected chi connectivity index (χ3v) is 4.64. The number of amides is 1. The molecule has 29 heavy (non-hydrogen) atoms. The van der Waals surface area contributed by atoms with Crippen LogP contribution in [-0.4, -0.2) is 31.2 Å². The lowest BCUT2D eigenvalue weighted by Gasteiger charge is -2.17. The molecule has 2 aromatic carbocycles. The summed E-state index contributed by atoms with van der Waals surface area (Å²) < 4.78 is 0. The van der Waals surface area contributed by atoms with Crippen LogP contribution in [-0.2, 0) is 4.79 Å². The van der Waals surface area contributed by atoms with Crippen LogP contribution < -0.4 is 16.0 Å². The van der Waals surface area contributed by atoms with Crippen molar-refractivity contribution in [2.45, 2.75) is 13.3 Å². The first-order valence-corrected chi connectivity index (χ1v) is 9.58. The molecule has 0 spiro atoms. The van der Waals surface area contributed by atoms with Crippen LogP contribution in [0.1, 0.15) is 19.0 Å². The molecule has 0 radical (unpaired) electrons. The summed E-state index contributed by atoms with van der Waals surface area (Å²) in [5.74, 6) is 0. The second-order valence-electron chi connectivity index (χ2n) is 6.55. The lowest BCUT2D eigenvalue weighted by Crippen LogP contribution is -2.06. The number of carbonyl (C=O) groups is 1. The summed E-state index contributed by atoms with van der Waals surface area (Å²) in [4.78, 5) is 15.6. The number of carbonyl (C=O) groups excluding carboxylic acids is 1. The maximum atomic E-state index is 11.1. The van der Waals surface area contributed by atoms with Gasteiger partial charge in [-0.25, -0.2) is 0 Å². The summed E-state index contributed by atoms with van der Waals surface area (Å²) in [6.07, 6.45) is 6.55. The number of aromatic nitrogens is 1. The van der Waals surface area contributed by atoms with Gasteiger partial charge in [-0.2, -0.15) is 0 Å². The number of allylic oxidation sites excluding steroid dienone is 1. The zero-order valence-corrected chi connectivity index (χ0v) is 16.6. The number of hydrogen-bond acceptors (Lipinski definition) is 5. The van der Waals surface area contributed by atoms with Gasteiger partial charge in [0.1, 0.15) is 0 Å². The predicted molar refractivity (Wildman–Crippen MR) is 121 cm³/mol. The molecule has 0 aliphatic rings. The zero-order valence-electron chi connectivity index (χ0n) is 16.6. The summed E-state index contributed by atoms with van der Waals surface area (Å²) in [5, 5.41) is 18.9. The fraction of sp³-hybridized carbons (Fsp3) is 0.174. The van der Waals surface area contributed by atoms with Crippen molar-refractivity contribution in [3.05, 3.63) is 60.6 Å². The molecule has 148 valence electrons. The molecular weight excluding hydrogens is 362 g/mol. The van der Waals surface area contributed by atoms with E-state index in [2.05, 4.69) is 33.9 Å². The van der Waals surface area contributed by atoms with Crippen molar-refractivity contribution in [1.29, 1.82) is 5.41 Å². The number of anilines is 2. The van der Waals surface area contributed by atoms with Gasteiger partial charge >= 0.3 is 0 Å². The topological polar surface area (TPSA) is 89.9 Å². The molecule has 6 heteroatoms. The maximum Gasteiger partial charge on any atom is 0.211 e. The fourth-order valence-corrected chi connectivity index (χ4v) is 3.31. The molecule has 3 rings (SSSR count). The number of rotatable bonds is 9. The van der Waals surface area contributed by atoms with Crippen LogP contribution in [0.2, 0.25) is 0 Å². The first kappa shape index (κ1) is 20.1. The minimum absolute atomic E-state index is 0.695. The number of pyridine rings is 1. The third kappa shape index (κ3) is 4.27. The molecule has 1 heterocycles. The van der Waals surface area contributed by atoms with E-state index in [4.69, 9.17) is 5.41 Å². The Balaban J connectivity index is 2.18. The van der Waals surface area contributed by atoms with Gasteiger partial charge in [-0.15, -0.1) is 0 Å². The Labute approximate surface area is 170 Å². The highest BCUT2D eigenvalue weighted by Gasteiger charge is 2.13. The minimum Gasteiger partial charge on any atom is -0.393 e. The lowest BCUT2D eigenvalue weighted by atomic mass is 9.96. The molecule has 0 saturated carbocycles. The number of nitrogens with zero attached hydrogens (tertiary/aromatic N) is 1. The summed E-state index contributed by atoms with van der Waals surface area (Å²) in [6, 6.07) is 14.0. The molecule has 1 aromatic heterocycles. The van der Waals surface area contributed by atoms with Crippen molar-refractivity contribution in [3.8, 4) is 11.1 Å². The van der Waals surface area contributed by atoms with Gasteiger partial charge in [-0.3, -0.25) is 9.78 Å². The normalized spacial score (nSPS) is 11.2. The van der Waals surface area contributed by atoms with Gasteiger partial charge in [0.05, 0.1) is 17.1 Å². The van der Waals surface area contributed by atoms with Gasteiger partial charge in [0, 0.05) is 48.7 Å². The summed E-state index contributed by atoms with van der Waals surface area (Å²) in [6.45, 7) is 2.90. The maximum absolute atomic E-state index is 11.1. The molecule has 1 amide bonds. The number of para-hydroxylation sites is 1. The monoisotopic (exact) mass is 387 g/mol. The quantitative estimate of drug-likeness (QED) is 0.321. The molecule has 0 atom stereocenters. The van der Waals surface area contributed by atoms with Crippen molar-refractivity contribution in [1.82, 2.24) is 10.3 Å². The van der Waals surface area contributed by atoms with E-state index in [1.165, 1.54) is 6.21 Å². The van der Waals surface area contributed by atoms with Crippen LogP contribution in [0.15, 0.2) is 54.9 Å². The van der Waals surface area contributed by atoms with Crippen molar-refractivity contribution in [3.63, 3.8) is 0 Å². The van der Waals surface area contributed by atoms with Crippen molar-refractivity contribution in [2.75, 3.05) is 24.2 Å². The van der Waals surface area contributed by atoms with E-state index in [0.717, 1.165) is 51.9 Å². The van der Waals surface area contributed by atoms with Crippen molar-refractivity contribution < 1.29 is 4.79 Å². The van der Waals surface area contributed by atoms with Crippen molar-refractivity contribution >= 4 is 40.3 Å².